The number of rotatable bonds is 5. The molecule has 1 aromatic rings. The maximum Gasteiger partial charge on any atom is 0.573 e. The first-order valence-corrected chi connectivity index (χ1v) is 8.07. The van der Waals surface area contributed by atoms with Crippen LogP contribution in [0.25, 0.3) is 0 Å². The van der Waals surface area contributed by atoms with Crippen molar-refractivity contribution in [3.63, 3.8) is 0 Å². The van der Waals surface area contributed by atoms with Crippen LogP contribution in [0.2, 0.25) is 0 Å². The zero-order valence-electron chi connectivity index (χ0n) is 15.7. The Balaban J connectivity index is 2.67. The highest BCUT2D eigenvalue weighted by molar-refractivity contribution is 6.05. The molecule has 1 aliphatic rings. The first-order chi connectivity index (χ1) is 14.4. The second-order valence-corrected chi connectivity index (χ2v) is 5.54. The molecule has 0 amide bonds. The quantitative estimate of drug-likeness (QED) is 0.493. The van der Waals surface area contributed by atoms with Gasteiger partial charge in [-0.05, 0) is 24.3 Å². The van der Waals surface area contributed by atoms with Crippen LogP contribution in [0.4, 0.5) is 32.0 Å². The number of anilines is 1. The number of allylic oxidation sites excluding steroid dienone is 2. The van der Waals surface area contributed by atoms with Crippen LogP contribution in [0.3, 0.4) is 0 Å². The monoisotopic (exact) mass is 453 g/mol. The molecule has 31 heavy (non-hydrogen) atoms. The minimum atomic E-state index is -5.35. The fraction of sp³-hybridized carbons (Fsp3) is 0.222. The smallest absolute Gasteiger partial charge is 0.465 e. The summed E-state index contributed by atoms with van der Waals surface area (Å²) in [4.78, 5) is 25.3. The molecule has 0 N–H and O–H groups in total. The van der Waals surface area contributed by atoms with Gasteiger partial charge in [0.2, 0.25) is 0 Å². The molecule has 0 unspecified atom stereocenters. The lowest BCUT2D eigenvalue weighted by molar-refractivity contribution is -0.287. The summed E-state index contributed by atoms with van der Waals surface area (Å²) in [5, 5.41) is 0. The van der Waals surface area contributed by atoms with Gasteiger partial charge in [-0.25, -0.2) is 9.59 Å². The van der Waals surface area contributed by atoms with E-state index < -0.39 is 41.9 Å². The number of hydrogen-bond acceptors (Lipinski definition) is 7. The van der Waals surface area contributed by atoms with Gasteiger partial charge in [-0.2, -0.15) is 0 Å². The van der Waals surface area contributed by atoms with E-state index in [1.165, 1.54) is 18.2 Å². The number of nitrogens with zero attached hydrogens (tertiary/aromatic N) is 1. The van der Waals surface area contributed by atoms with Crippen LogP contribution in [0.5, 0.6) is 11.5 Å². The Morgan fingerprint density at radius 2 is 1.42 bits per heavy atom. The van der Waals surface area contributed by atoms with Crippen LogP contribution in [0, 0.1) is 0 Å². The van der Waals surface area contributed by atoms with Crippen molar-refractivity contribution in [3.8, 4) is 11.5 Å². The molecule has 0 saturated carbocycles. The van der Waals surface area contributed by atoms with E-state index in [-0.39, 0.29) is 11.3 Å². The SMILES string of the molecule is COC(=O)C1=C(C(=O)OC)N(c2ccc(OC(F)(F)F)c(OC(F)(F)F)c2)C=CC=C1. The van der Waals surface area contributed by atoms with Gasteiger partial charge in [0.25, 0.3) is 0 Å². The zero-order chi connectivity index (χ0) is 23.4. The molecule has 0 aliphatic carbocycles. The van der Waals surface area contributed by atoms with Gasteiger partial charge < -0.3 is 23.8 Å². The molecule has 1 aromatic carbocycles. The molecule has 1 aliphatic heterocycles. The summed E-state index contributed by atoms with van der Waals surface area (Å²) in [5.41, 5.74) is -1.08. The summed E-state index contributed by atoms with van der Waals surface area (Å²) in [6, 6.07) is 2.02. The molecular weight excluding hydrogens is 440 g/mol. The van der Waals surface area contributed by atoms with Gasteiger partial charge in [0.1, 0.15) is 5.70 Å². The van der Waals surface area contributed by atoms with Gasteiger partial charge in [-0.1, -0.05) is 6.08 Å². The summed E-state index contributed by atoms with van der Waals surface area (Å²) >= 11 is 0. The van der Waals surface area contributed by atoms with Crippen molar-refractivity contribution in [1.29, 1.82) is 0 Å². The average Bonchev–Trinajstić information content (AvgIpc) is 2.89. The Morgan fingerprint density at radius 3 is 1.97 bits per heavy atom. The molecule has 13 heteroatoms. The minimum Gasteiger partial charge on any atom is -0.465 e. The molecule has 0 saturated heterocycles. The minimum absolute atomic E-state index is 0.282. The van der Waals surface area contributed by atoms with Gasteiger partial charge in [0.15, 0.2) is 11.5 Å². The van der Waals surface area contributed by atoms with Crippen molar-refractivity contribution in [2.45, 2.75) is 12.7 Å². The van der Waals surface area contributed by atoms with E-state index in [1.807, 2.05) is 0 Å². The molecular formula is C18H13F6NO6. The molecule has 7 nitrogen and oxygen atoms in total. The van der Waals surface area contributed by atoms with Gasteiger partial charge in [0, 0.05) is 18.0 Å². The largest absolute Gasteiger partial charge is 0.573 e. The first-order valence-electron chi connectivity index (χ1n) is 8.07. The maximum atomic E-state index is 12.7. The summed E-state index contributed by atoms with van der Waals surface area (Å²) in [6.07, 6.45) is -5.67. The Morgan fingerprint density at radius 1 is 0.839 bits per heavy atom. The Hall–Kier alpha value is -3.64. The summed E-state index contributed by atoms with van der Waals surface area (Å²) in [5.74, 6) is -4.67. The number of hydrogen-bond donors (Lipinski definition) is 0. The van der Waals surface area contributed by atoms with Crippen molar-refractivity contribution < 1.29 is 54.9 Å². The van der Waals surface area contributed by atoms with Gasteiger partial charge in [0.05, 0.1) is 19.8 Å². The lowest BCUT2D eigenvalue weighted by Crippen LogP contribution is -2.27. The summed E-state index contributed by atoms with van der Waals surface area (Å²) < 4.78 is 92.2. The standard InChI is InChI=1S/C18H13F6NO6/c1-28-15(26)11-5-3-4-8-25(14(11)16(27)29-2)10-6-7-12(30-17(19,20)21)13(9-10)31-18(22,23)24/h3-9H,1-2H3. The fourth-order valence-electron chi connectivity index (χ4n) is 2.43. The maximum absolute atomic E-state index is 12.7. The number of alkyl halides is 6. The van der Waals surface area contributed by atoms with Crippen molar-refractivity contribution in [3.05, 3.63) is 53.9 Å². The zero-order valence-corrected chi connectivity index (χ0v) is 15.7. The van der Waals surface area contributed by atoms with E-state index in [1.54, 1.807) is 0 Å². The normalized spacial score (nSPS) is 14.3. The van der Waals surface area contributed by atoms with Crippen LogP contribution in [-0.2, 0) is 19.1 Å². The Labute approximate surface area is 170 Å². The van der Waals surface area contributed by atoms with Crippen LogP contribution < -0.4 is 14.4 Å². The number of benzene rings is 1. The Kier molecular flexibility index (Phi) is 6.88. The van der Waals surface area contributed by atoms with Crippen LogP contribution in [0.15, 0.2) is 53.9 Å². The number of ether oxygens (including phenoxy) is 4. The van der Waals surface area contributed by atoms with Crippen LogP contribution in [0.1, 0.15) is 0 Å². The summed E-state index contributed by atoms with van der Waals surface area (Å²) in [6.45, 7) is 0. The highest BCUT2D eigenvalue weighted by Crippen LogP contribution is 2.39. The third-order valence-electron chi connectivity index (χ3n) is 3.55. The van der Waals surface area contributed by atoms with Crippen molar-refractivity contribution in [2.24, 2.45) is 0 Å². The number of carbonyl (C=O) groups excluding carboxylic acids is 2. The molecule has 0 spiro atoms. The number of halogens is 6. The van der Waals surface area contributed by atoms with E-state index in [0.717, 1.165) is 31.4 Å². The van der Waals surface area contributed by atoms with Crippen molar-refractivity contribution in [1.82, 2.24) is 0 Å². The number of carbonyl (C=O) groups is 2. The van der Waals surface area contributed by atoms with E-state index in [2.05, 4.69) is 18.9 Å². The van der Waals surface area contributed by atoms with Crippen LogP contribution in [-0.4, -0.2) is 38.9 Å². The molecule has 0 aromatic heterocycles. The van der Waals surface area contributed by atoms with Gasteiger partial charge >= 0.3 is 24.7 Å². The Bertz CT molecular complexity index is 948. The molecule has 0 fully saturated rings. The van der Waals surface area contributed by atoms with Gasteiger partial charge in [-0.3, -0.25) is 0 Å². The fourth-order valence-corrected chi connectivity index (χ4v) is 2.43. The molecule has 0 radical (unpaired) electrons. The van der Waals surface area contributed by atoms with Crippen LogP contribution >= 0.6 is 0 Å². The highest BCUT2D eigenvalue weighted by atomic mass is 19.4. The predicted octanol–water partition coefficient (Wildman–Crippen LogP) is 3.97. The van der Waals surface area contributed by atoms with E-state index >= 15 is 0 Å². The molecule has 0 atom stereocenters. The second-order valence-electron chi connectivity index (χ2n) is 5.54. The predicted molar refractivity (Wildman–Crippen MR) is 91.6 cm³/mol. The first kappa shape index (κ1) is 23.6. The highest BCUT2D eigenvalue weighted by Gasteiger charge is 2.37. The topological polar surface area (TPSA) is 74.3 Å². The average molecular weight is 453 g/mol. The van der Waals surface area contributed by atoms with E-state index in [4.69, 9.17) is 0 Å². The third-order valence-corrected chi connectivity index (χ3v) is 3.55. The van der Waals surface area contributed by atoms with E-state index in [0.29, 0.717) is 12.1 Å². The van der Waals surface area contributed by atoms with Gasteiger partial charge in [-0.15, -0.1) is 26.3 Å². The lowest BCUT2D eigenvalue weighted by atomic mass is 10.1. The molecule has 1 heterocycles. The lowest BCUT2D eigenvalue weighted by Gasteiger charge is -2.24. The number of esters is 2. The molecule has 0 bridgehead atoms. The molecule has 2 rings (SSSR count). The second kappa shape index (κ2) is 9.02. The van der Waals surface area contributed by atoms with Crippen molar-refractivity contribution >= 4 is 17.6 Å². The molecule has 168 valence electrons. The summed E-state index contributed by atoms with van der Waals surface area (Å²) in [7, 11) is 2.01. The van der Waals surface area contributed by atoms with Crippen molar-refractivity contribution in [2.75, 3.05) is 19.1 Å². The number of methoxy groups -OCH3 is 2. The third kappa shape index (κ3) is 6.17. The van der Waals surface area contributed by atoms with E-state index in [9.17, 15) is 35.9 Å².